The summed E-state index contributed by atoms with van der Waals surface area (Å²) in [5, 5.41) is 9.49. The third-order valence-corrected chi connectivity index (χ3v) is 11.2. The Morgan fingerprint density at radius 3 is 2.18 bits per heavy atom. The average molecular weight is 718 g/mol. The lowest BCUT2D eigenvalue weighted by atomic mass is 9.91. The molecule has 0 N–H and O–H groups in total. The molecule has 0 radical (unpaired) electrons. The summed E-state index contributed by atoms with van der Waals surface area (Å²) in [6.45, 7) is 4.27. The number of hydrogen-bond donors (Lipinski definition) is 0. The fourth-order valence-electron chi connectivity index (χ4n) is 8.43. The fraction of sp³-hybridized carbons (Fsp3) is 0.0370. The molecule has 0 amide bonds. The van der Waals surface area contributed by atoms with E-state index in [1.54, 1.807) is 0 Å². The summed E-state index contributed by atoms with van der Waals surface area (Å²) in [7, 11) is 0. The van der Waals surface area contributed by atoms with E-state index in [9.17, 15) is 0 Å². The molecule has 10 rings (SSSR count). The van der Waals surface area contributed by atoms with E-state index in [4.69, 9.17) is 4.42 Å². The van der Waals surface area contributed by atoms with Gasteiger partial charge in [-0.1, -0.05) is 164 Å². The van der Waals surface area contributed by atoms with E-state index in [0.29, 0.717) is 5.92 Å². The van der Waals surface area contributed by atoms with Gasteiger partial charge in [0.2, 0.25) is 0 Å². The number of allylic oxidation sites excluding steroid dienone is 7. The lowest BCUT2D eigenvalue weighted by Gasteiger charge is -2.28. The molecule has 56 heavy (non-hydrogen) atoms. The number of furan rings is 1. The summed E-state index contributed by atoms with van der Waals surface area (Å²) < 4.78 is 6.49. The Hall–Kier alpha value is -7.16. The van der Waals surface area contributed by atoms with Gasteiger partial charge < -0.3 is 9.32 Å². The highest BCUT2D eigenvalue weighted by Gasteiger charge is 2.19. The number of fused-ring (bicyclic) bond motifs is 8. The molecule has 0 aliphatic heterocycles. The summed E-state index contributed by atoms with van der Waals surface area (Å²) in [6, 6.07) is 58.4. The van der Waals surface area contributed by atoms with Crippen LogP contribution < -0.4 is 4.90 Å². The van der Waals surface area contributed by atoms with Crippen molar-refractivity contribution in [1.29, 1.82) is 0 Å². The van der Waals surface area contributed by atoms with Crippen LogP contribution in [0.3, 0.4) is 0 Å². The number of nitrogens with zero attached hydrogens (tertiary/aromatic N) is 1. The second-order valence-corrected chi connectivity index (χ2v) is 14.5. The Kier molecular flexibility index (Phi) is 8.50. The minimum Gasteiger partial charge on any atom is -0.455 e. The van der Waals surface area contributed by atoms with Gasteiger partial charge in [-0.3, -0.25) is 0 Å². The molecule has 1 unspecified atom stereocenters. The predicted molar refractivity (Wildman–Crippen MR) is 239 cm³/mol. The molecule has 1 heterocycles. The van der Waals surface area contributed by atoms with E-state index in [2.05, 4.69) is 212 Å². The van der Waals surface area contributed by atoms with Crippen molar-refractivity contribution >= 4 is 65.5 Å². The molecule has 0 spiro atoms. The van der Waals surface area contributed by atoms with Crippen LogP contribution in [-0.4, -0.2) is 0 Å². The van der Waals surface area contributed by atoms with Gasteiger partial charge >= 0.3 is 0 Å². The third kappa shape index (κ3) is 5.93. The van der Waals surface area contributed by atoms with Crippen LogP contribution in [0.25, 0.3) is 71.0 Å². The molecule has 2 heteroatoms. The first-order valence-corrected chi connectivity index (χ1v) is 19.3. The van der Waals surface area contributed by atoms with E-state index in [0.717, 1.165) is 61.8 Å². The number of benzene rings is 8. The summed E-state index contributed by atoms with van der Waals surface area (Å²) in [5.41, 5.74) is 9.89. The van der Waals surface area contributed by atoms with Gasteiger partial charge in [-0.25, -0.2) is 0 Å². The largest absolute Gasteiger partial charge is 0.455 e. The highest BCUT2D eigenvalue weighted by Crippen LogP contribution is 2.40. The van der Waals surface area contributed by atoms with E-state index in [1.807, 2.05) is 6.08 Å². The van der Waals surface area contributed by atoms with Crippen molar-refractivity contribution < 1.29 is 4.42 Å². The van der Waals surface area contributed by atoms with Crippen LogP contribution in [0, 0.1) is 0 Å². The Labute approximate surface area is 326 Å². The number of anilines is 1. The molecule has 0 saturated carbocycles. The van der Waals surface area contributed by atoms with E-state index >= 15 is 0 Å². The van der Waals surface area contributed by atoms with Gasteiger partial charge in [0.05, 0.1) is 5.69 Å². The Morgan fingerprint density at radius 2 is 1.36 bits per heavy atom. The second-order valence-electron chi connectivity index (χ2n) is 14.5. The SMILES string of the molecule is C=C/C(=C\C=C\N(C1=CCC(c2ccccc2)C=C1)c1ccccc1-c1ccc2oc3c4ccccc4ccc3c2c1)c1cc2ccccc2c2ccccc12. The Balaban J connectivity index is 1.08. The monoisotopic (exact) mass is 717 g/mol. The van der Waals surface area contributed by atoms with E-state index in [-0.39, 0.29) is 0 Å². The van der Waals surface area contributed by atoms with Gasteiger partial charge in [0, 0.05) is 39.5 Å². The van der Waals surface area contributed by atoms with Crippen LogP contribution >= 0.6 is 0 Å². The van der Waals surface area contributed by atoms with E-state index in [1.165, 1.54) is 38.1 Å². The molecular formula is C54H39NO. The normalized spacial score (nSPS) is 14.7. The topological polar surface area (TPSA) is 16.4 Å². The minimum atomic E-state index is 0.335. The molecule has 266 valence electrons. The first-order valence-electron chi connectivity index (χ1n) is 19.3. The van der Waals surface area contributed by atoms with Crippen molar-refractivity contribution in [3.63, 3.8) is 0 Å². The van der Waals surface area contributed by atoms with E-state index < -0.39 is 0 Å². The molecule has 8 aromatic carbocycles. The lowest BCUT2D eigenvalue weighted by molar-refractivity contribution is 0.672. The molecular weight excluding hydrogens is 679 g/mol. The van der Waals surface area contributed by atoms with Crippen molar-refractivity contribution in [1.82, 2.24) is 0 Å². The number of hydrogen-bond acceptors (Lipinski definition) is 2. The minimum absolute atomic E-state index is 0.335. The Bertz CT molecular complexity index is 3080. The molecule has 1 aromatic heterocycles. The first-order chi connectivity index (χ1) is 27.7. The van der Waals surface area contributed by atoms with Crippen molar-refractivity contribution in [3.8, 4) is 11.1 Å². The van der Waals surface area contributed by atoms with Crippen molar-refractivity contribution in [2.24, 2.45) is 0 Å². The van der Waals surface area contributed by atoms with Gasteiger partial charge in [0.25, 0.3) is 0 Å². The van der Waals surface area contributed by atoms with Gasteiger partial charge in [-0.15, -0.1) is 0 Å². The highest BCUT2D eigenvalue weighted by atomic mass is 16.3. The number of para-hydroxylation sites is 1. The number of rotatable bonds is 8. The van der Waals surface area contributed by atoms with Crippen LogP contribution in [0.15, 0.2) is 223 Å². The first kappa shape index (κ1) is 33.4. The molecule has 1 aliphatic rings. The zero-order valence-corrected chi connectivity index (χ0v) is 31.0. The maximum Gasteiger partial charge on any atom is 0.143 e. The van der Waals surface area contributed by atoms with Gasteiger partial charge in [0.15, 0.2) is 0 Å². The van der Waals surface area contributed by atoms with Crippen LogP contribution in [0.2, 0.25) is 0 Å². The zero-order chi connectivity index (χ0) is 37.4. The van der Waals surface area contributed by atoms with Gasteiger partial charge in [-0.05, 0) is 98.1 Å². The third-order valence-electron chi connectivity index (χ3n) is 11.2. The standard InChI is InChI=1S/C54H39NO/c1-2-37(50-35-41-18-7-8-20-44(41)47-23-10-11-24-48(47)50)19-14-34-55(43-30-26-39(27-31-43)38-15-4-3-5-16-38)52-25-13-12-21-45(52)42-29-33-53-51(36-42)49-32-28-40-17-6-9-22-46(40)54(49)56-53/h2-26,28-36,39H,1,27H2/b34-14+,37-19+. The second kappa shape index (κ2) is 14.2. The molecule has 1 aliphatic carbocycles. The molecule has 1 atom stereocenters. The lowest BCUT2D eigenvalue weighted by Crippen LogP contribution is -2.17. The Morgan fingerprint density at radius 1 is 0.625 bits per heavy atom. The average Bonchev–Trinajstić information content (AvgIpc) is 3.65. The zero-order valence-electron chi connectivity index (χ0n) is 31.0. The molecule has 0 fully saturated rings. The van der Waals surface area contributed by atoms with Crippen LogP contribution in [-0.2, 0) is 0 Å². The molecule has 9 aromatic rings. The summed E-state index contributed by atoms with van der Waals surface area (Å²) in [6.07, 6.45) is 16.4. The summed E-state index contributed by atoms with van der Waals surface area (Å²) in [4.78, 5) is 2.33. The quantitative estimate of drug-likeness (QED) is 0.115. The fourth-order valence-corrected chi connectivity index (χ4v) is 8.43. The summed E-state index contributed by atoms with van der Waals surface area (Å²) >= 11 is 0. The smallest absolute Gasteiger partial charge is 0.143 e. The maximum absolute atomic E-state index is 6.49. The van der Waals surface area contributed by atoms with Crippen LogP contribution in [0.4, 0.5) is 5.69 Å². The maximum atomic E-state index is 6.49. The van der Waals surface area contributed by atoms with Crippen molar-refractivity contribution in [3.05, 3.63) is 230 Å². The summed E-state index contributed by atoms with van der Waals surface area (Å²) in [5.74, 6) is 0.335. The molecule has 0 saturated heterocycles. The van der Waals surface area contributed by atoms with Crippen molar-refractivity contribution in [2.45, 2.75) is 12.3 Å². The van der Waals surface area contributed by atoms with Crippen LogP contribution in [0.1, 0.15) is 23.5 Å². The van der Waals surface area contributed by atoms with Crippen molar-refractivity contribution in [2.75, 3.05) is 4.90 Å². The predicted octanol–water partition coefficient (Wildman–Crippen LogP) is 14.9. The molecule has 2 nitrogen and oxygen atoms in total. The van der Waals surface area contributed by atoms with Crippen LogP contribution in [0.5, 0.6) is 0 Å². The van der Waals surface area contributed by atoms with Gasteiger partial charge in [0.1, 0.15) is 11.2 Å². The molecule has 0 bridgehead atoms. The highest BCUT2D eigenvalue weighted by molar-refractivity contribution is 6.16. The van der Waals surface area contributed by atoms with Gasteiger partial charge in [-0.2, -0.15) is 0 Å².